The number of amides is 1. The normalized spacial score (nSPS) is 30.8. The van der Waals surface area contributed by atoms with Gasteiger partial charge in [0.05, 0.1) is 6.61 Å². The zero-order chi connectivity index (χ0) is 11.7. The van der Waals surface area contributed by atoms with Crippen LogP contribution in [0.15, 0.2) is 0 Å². The third-order valence-corrected chi connectivity index (χ3v) is 4.15. The monoisotopic (exact) mass is 274 g/mol. The van der Waals surface area contributed by atoms with Crippen molar-refractivity contribution in [2.24, 2.45) is 5.92 Å². The molecule has 0 spiro atoms. The molecule has 4 nitrogen and oxygen atoms in total. The largest absolute Gasteiger partial charge is 0.371 e. The second-order valence-corrected chi connectivity index (χ2v) is 5.72. The first-order valence-electron chi connectivity index (χ1n) is 6.93. The van der Waals surface area contributed by atoms with Gasteiger partial charge in [0, 0.05) is 25.2 Å². The van der Waals surface area contributed by atoms with Gasteiger partial charge in [-0.25, -0.2) is 0 Å². The van der Waals surface area contributed by atoms with Crippen molar-refractivity contribution in [1.82, 2.24) is 10.2 Å². The number of nitrogens with zero attached hydrogens (tertiary/aromatic N) is 1. The van der Waals surface area contributed by atoms with Crippen molar-refractivity contribution < 1.29 is 9.53 Å². The molecule has 104 valence electrons. The average molecular weight is 275 g/mol. The minimum Gasteiger partial charge on any atom is -0.371 e. The van der Waals surface area contributed by atoms with Crippen LogP contribution in [0.2, 0.25) is 0 Å². The fourth-order valence-electron chi connectivity index (χ4n) is 2.86. The number of ether oxygens (including phenoxy) is 1. The molecule has 0 aromatic rings. The number of fused-ring (bicyclic) bond motifs is 2. The smallest absolute Gasteiger partial charge is 0.248 e. The summed E-state index contributed by atoms with van der Waals surface area (Å²) in [6.07, 6.45) is 6.17. The number of rotatable bonds is 4. The number of hydrogen-bond acceptors (Lipinski definition) is 3. The fourth-order valence-corrected chi connectivity index (χ4v) is 2.86. The summed E-state index contributed by atoms with van der Waals surface area (Å²) in [6.45, 7) is 2.85. The van der Waals surface area contributed by atoms with Crippen molar-refractivity contribution in [3.63, 3.8) is 0 Å². The van der Waals surface area contributed by atoms with Gasteiger partial charge in [0.2, 0.25) is 5.91 Å². The van der Waals surface area contributed by atoms with Crippen LogP contribution >= 0.6 is 12.4 Å². The lowest BCUT2D eigenvalue weighted by molar-refractivity contribution is -0.136. The molecule has 3 fully saturated rings. The summed E-state index contributed by atoms with van der Waals surface area (Å²) < 4.78 is 5.48. The van der Waals surface area contributed by atoms with Crippen LogP contribution in [0, 0.1) is 5.92 Å². The zero-order valence-corrected chi connectivity index (χ0v) is 11.6. The lowest BCUT2D eigenvalue weighted by atomic mass is 10.1. The quantitative estimate of drug-likeness (QED) is 0.837. The van der Waals surface area contributed by atoms with E-state index in [0.29, 0.717) is 12.1 Å². The molecular weight excluding hydrogens is 252 g/mol. The van der Waals surface area contributed by atoms with Gasteiger partial charge < -0.3 is 15.0 Å². The van der Waals surface area contributed by atoms with Crippen LogP contribution in [0.1, 0.15) is 32.1 Å². The first-order chi connectivity index (χ1) is 8.31. The molecule has 2 heterocycles. The van der Waals surface area contributed by atoms with Crippen molar-refractivity contribution >= 4 is 18.3 Å². The van der Waals surface area contributed by atoms with Crippen LogP contribution in [0.5, 0.6) is 0 Å². The number of hydrogen-bond donors (Lipinski definition) is 1. The average Bonchev–Trinajstić information content (AvgIpc) is 3.04. The van der Waals surface area contributed by atoms with E-state index in [2.05, 4.69) is 5.32 Å². The Morgan fingerprint density at radius 3 is 2.72 bits per heavy atom. The molecule has 1 N–H and O–H groups in total. The summed E-state index contributed by atoms with van der Waals surface area (Å²) in [5, 5.41) is 3.59. The van der Waals surface area contributed by atoms with Gasteiger partial charge in [-0.05, 0) is 38.0 Å². The molecule has 2 unspecified atom stereocenters. The topological polar surface area (TPSA) is 41.6 Å². The minimum absolute atomic E-state index is 0. The molecule has 1 aliphatic carbocycles. The summed E-state index contributed by atoms with van der Waals surface area (Å²) in [5.41, 5.74) is 0. The molecule has 2 atom stereocenters. The second-order valence-electron chi connectivity index (χ2n) is 5.72. The molecule has 0 aromatic heterocycles. The van der Waals surface area contributed by atoms with Gasteiger partial charge in [0.15, 0.2) is 0 Å². The van der Waals surface area contributed by atoms with E-state index >= 15 is 0 Å². The van der Waals surface area contributed by atoms with Crippen LogP contribution < -0.4 is 5.32 Å². The highest BCUT2D eigenvalue weighted by Gasteiger charge is 2.31. The van der Waals surface area contributed by atoms with Crippen molar-refractivity contribution in [2.75, 3.05) is 26.3 Å². The Bertz CT molecular complexity index is 297. The molecule has 2 saturated heterocycles. The molecular formula is C13H23ClN2O2. The number of halogens is 1. The van der Waals surface area contributed by atoms with E-state index in [1.165, 1.54) is 25.7 Å². The van der Waals surface area contributed by atoms with E-state index in [4.69, 9.17) is 4.74 Å². The molecule has 1 saturated carbocycles. The maximum absolute atomic E-state index is 12.0. The number of nitrogens with one attached hydrogen (secondary N) is 1. The Hall–Kier alpha value is -0.320. The summed E-state index contributed by atoms with van der Waals surface area (Å²) in [4.78, 5) is 14.0. The van der Waals surface area contributed by atoms with Crippen molar-refractivity contribution in [1.29, 1.82) is 0 Å². The molecule has 3 aliphatic rings. The Morgan fingerprint density at radius 2 is 1.94 bits per heavy atom. The van der Waals surface area contributed by atoms with Crippen LogP contribution in [0.3, 0.4) is 0 Å². The highest BCUT2D eigenvalue weighted by atomic mass is 35.5. The van der Waals surface area contributed by atoms with Gasteiger partial charge >= 0.3 is 0 Å². The Labute approximate surface area is 115 Å². The number of likely N-dealkylation sites (tertiary alicyclic amines) is 1. The highest BCUT2D eigenvalue weighted by Crippen LogP contribution is 2.28. The minimum atomic E-state index is 0. The predicted molar refractivity (Wildman–Crippen MR) is 71.9 cm³/mol. The van der Waals surface area contributed by atoms with Gasteiger partial charge in [-0.3, -0.25) is 4.79 Å². The lowest BCUT2D eigenvalue weighted by Gasteiger charge is -2.24. The standard InChI is InChI=1S/C13H22N2O2.ClH/c16-13(9-17-8-10-1-2-10)15-6-5-11-3-4-12(7-15)14-11;/h10-12,14H,1-9H2;1H. The molecule has 2 bridgehead atoms. The Kier molecular flexibility index (Phi) is 4.87. The summed E-state index contributed by atoms with van der Waals surface area (Å²) in [7, 11) is 0. The summed E-state index contributed by atoms with van der Waals surface area (Å²) >= 11 is 0. The fraction of sp³-hybridized carbons (Fsp3) is 0.923. The van der Waals surface area contributed by atoms with Gasteiger partial charge in [0.1, 0.15) is 6.61 Å². The Balaban J connectivity index is 0.00000120. The molecule has 0 aromatic carbocycles. The molecule has 1 amide bonds. The SMILES string of the molecule is Cl.O=C(COCC1CC1)N1CCC2CCC(C1)N2. The zero-order valence-electron chi connectivity index (χ0n) is 10.8. The lowest BCUT2D eigenvalue weighted by Crippen LogP contribution is -2.40. The van der Waals surface area contributed by atoms with E-state index in [9.17, 15) is 4.79 Å². The van der Waals surface area contributed by atoms with Crippen LogP contribution in [-0.4, -0.2) is 49.2 Å². The molecule has 0 radical (unpaired) electrons. The van der Waals surface area contributed by atoms with Crippen molar-refractivity contribution in [3.05, 3.63) is 0 Å². The van der Waals surface area contributed by atoms with Crippen LogP contribution in [-0.2, 0) is 9.53 Å². The second kappa shape index (κ2) is 6.22. The Morgan fingerprint density at radius 1 is 1.17 bits per heavy atom. The first-order valence-corrected chi connectivity index (χ1v) is 6.93. The molecule has 2 aliphatic heterocycles. The van der Waals surface area contributed by atoms with E-state index < -0.39 is 0 Å². The highest BCUT2D eigenvalue weighted by molar-refractivity contribution is 5.85. The molecule has 18 heavy (non-hydrogen) atoms. The van der Waals surface area contributed by atoms with Crippen molar-refractivity contribution in [3.8, 4) is 0 Å². The predicted octanol–water partition coefficient (Wildman–Crippen LogP) is 1.19. The third-order valence-electron chi connectivity index (χ3n) is 4.15. The van der Waals surface area contributed by atoms with Gasteiger partial charge in [-0.15, -0.1) is 12.4 Å². The van der Waals surface area contributed by atoms with Gasteiger partial charge in [0.25, 0.3) is 0 Å². The van der Waals surface area contributed by atoms with E-state index in [-0.39, 0.29) is 24.9 Å². The summed E-state index contributed by atoms with van der Waals surface area (Å²) in [5.74, 6) is 0.921. The van der Waals surface area contributed by atoms with Crippen LogP contribution in [0.25, 0.3) is 0 Å². The van der Waals surface area contributed by atoms with Gasteiger partial charge in [-0.2, -0.15) is 0 Å². The number of carbonyl (C=O) groups is 1. The first kappa shape index (κ1) is 14.1. The third kappa shape index (κ3) is 3.59. The summed E-state index contributed by atoms with van der Waals surface area (Å²) in [6, 6.07) is 1.17. The molecule has 3 rings (SSSR count). The van der Waals surface area contributed by atoms with Crippen LogP contribution in [0.4, 0.5) is 0 Å². The van der Waals surface area contributed by atoms with E-state index in [1.807, 2.05) is 4.90 Å². The van der Waals surface area contributed by atoms with Gasteiger partial charge in [-0.1, -0.05) is 0 Å². The molecule has 5 heteroatoms. The van der Waals surface area contributed by atoms with Crippen molar-refractivity contribution in [2.45, 2.75) is 44.2 Å². The maximum atomic E-state index is 12.0. The number of carbonyl (C=O) groups excluding carboxylic acids is 1. The van der Waals surface area contributed by atoms with E-state index in [0.717, 1.165) is 32.0 Å². The maximum Gasteiger partial charge on any atom is 0.248 e. The van der Waals surface area contributed by atoms with E-state index in [1.54, 1.807) is 0 Å².